The maximum Gasteiger partial charge on any atom is 0.417 e. The second-order valence-corrected chi connectivity index (χ2v) is 7.38. The van der Waals surface area contributed by atoms with E-state index in [4.69, 9.17) is 0 Å². The molecule has 2 saturated carbocycles. The molecule has 0 aromatic rings. The number of rotatable bonds is 5. The van der Waals surface area contributed by atoms with Crippen LogP contribution in [0.25, 0.3) is 0 Å². The van der Waals surface area contributed by atoms with Crippen LogP contribution in [0, 0.1) is 17.8 Å². The molecular weight excluding hydrogens is 346 g/mol. The molecule has 2 fully saturated rings. The zero-order valence-electron chi connectivity index (χ0n) is 14.0. The van der Waals surface area contributed by atoms with Gasteiger partial charge in [-0.2, -0.15) is 22.0 Å². The molecule has 2 rings (SSSR count). The first kappa shape index (κ1) is 20.3. The average molecular weight is 370 g/mol. The SMILES string of the molecule is OC(CC=CC1CCC2CCCCC2C1)(CC(F)=C(F)F)C(F)(F)F. The van der Waals surface area contributed by atoms with Gasteiger partial charge in [-0.25, -0.2) is 4.39 Å². The number of allylic oxidation sites excluding steroid dienone is 1. The maximum absolute atomic E-state index is 13.0. The van der Waals surface area contributed by atoms with Crippen LogP contribution in [-0.2, 0) is 0 Å². The smallest absolute Gasteiger partial charge is 0.380 e. The molecule has 0 aromatic carbocycles. The lowest BCUT2D eigenvalue weighted by Crippen LogP contribution is -2.45. The highest BCUT2D eigenvalue weighted by Gasteiger charge is 2.53. The summed E-state index contributed by atoms with van der Waals surface area (Å²) in [7, 11) is 0. The fraction of sp³-hybridized carbons (Fsp3) is 0.778. The Kier molecular flexibility index (Phi) is 6.62. The van der Waals surface area contributed by atoms with Gasteiger partial charge in [0.1, 0.15) is 0 Å². The van der Waals surface area contributed by atoms with Crippen LogP contribution in [0.4, 0.5) is 26.3 Å². The second-order valence-electron chi connectivity index (χ2n) is 7.38. The lowest BCUT2D eigenvalue weighted by Gasteiger charge is -2.38. The molecule has 1 N–H and O–H groups in total. The minimum absolute atomic E-state index is 0.134. The summed E-state index contributed by atoms with van der Waals surface area (Å²) in [6.07, 6.45) is -0.269. The number of alkyl halides is 3. The third-order valence-electron chi connectivity index (χ3n) is 5.62. The van der Waals surface area contributed by atoms with Gasteiger partial charge in [-0.1, -0.05) is 37.8 Å². The molecule has 0 spiro atoms. The minimum Gasteiger partial charge on any atom is -0.380 e. The fourth-order valence-electron chi connectivity index (χ4n) is 4.15. The lowest BCUT2D eigenvalue weighted by molar-refractivity contribution is -0.259. The van der Waals surface area contributed by atoms with E-state index in [2.05, 4.69) is 0 Å². The summed E-state index contributed by atoms with van der Waals surface area (Å²) in [6.45, 7) is 0. The van der Waals surface area contributed by atoms with E-state index in [1.165, 1.54) is 25.3 Å². The Labute approximate surface area is 143 Å². The van der Waals surface area contributed by atoms with Gasteiger partial charge in [0, 0.05) is 12.8 Å². The fourth-order valence-corrected chi connectivity index (χ4v) is 4.15. The van der Waals surface area contributed by atoms with Gasteiger partial charge < -0.3 is 5.11 Å². The van der Waals surface area contributed by atoms with E-state index < -0.39 is 36.5 Å². The highest BCUT2D eigenvalue weighted by molar-refractivity contribution is 5.06. The zero-order chi connectivity index (χ0) is 18.7. The molecule has 7 heteroatoms. The monoisotopic (exact) mass is 370 g/mol. The van der Waals surface area contributed by atoms with Crippen molar-refractivity contribution in [1.82, 2.24) is 0 Å². The van der Waals surface area contributed by atoms with E-state index >= 15 is 0 Å². The number of hydrogen-bond donors (Lipinski definition) is 1. The van der Waals surface area contributed by atoms with E-state index in [-0.39, 0.29) is 5.92 Å². The quantitative estimate of drug-likeness (QED) is 0.445. The third-order valence-corrected chi connectivity index (χ3v) is 5.62. The van der Waals surface area contributed by atoms with Crippen molar-refractivity contribution in [2.45, 2.75) is 69.6 Å². The van der Waals surface area contributed by atoms with Gasteiger partial charge in [-0.15, -0.1) is 0 Å². The summed E-state index contributed by atoms with van der Waals surface area (Å²) in [5.41, 5.74) is -3.51. The summed E-state index contributed by atoms with van der Waals surface area (Å²) in [4.78, 5) is 0. The number of aliphatic hydroxyl groups is 1. The van der Waals surface area contributed by atoms with Gasteiger partial charge in [0.15, 0.2) is 11.4 Å². The Morgan fingerprint density at radius 2 is 1.60 bits per heavy atom. The molecule has 25 heavy (non-hydrogen) atoms. The highest BCUT2D eigenvalue weighted by atomic mass is 19.4. The number of hydrogen-bond acceptors (Lipinski definition) is 1. The van der Waals surface area contributed by atoms with Crippen molar-refractivity contribution < 1.29 is 31.4 Å². The Balaban J connectivity index is 1.98. The van der Waals surface area contributed by atoms with Crippen LogP contribution in [0.5, 0.6) is 0 Å². The van der Waals surface area contributed by atoms with Gasteiger partial charge in [0.2, 0.25) is 0 Å². The van der Waals surface area contributed by atoms with Crippen molar-refractivity contribution in [3.63, 3.8) is 0 Å². The van der Waals surface area contributed by atoms with E-state index in [0.717, 1.165) is 25.7 Å². The van der Waals surface area contributed by atoms with E-state index in [9.17, 15) is 31.4 Å². The molecular formula is C18H24F6O. The molecule has 4 unspecified atom stereocenters. The standard InChI is InChI=1S/C18H24F6O/c19-15(16(20)21)11-17(25,18(22,23)24)9-3-4-12-7-8-13-5-1-2-6-14(13)10-12/h3-4,12-14,25H,1-2,5-11H2. The van der Waals surface area contributed by atoms with Crippen LogP contribution in [0.1, 0.15) is 57.8 Å². The topological polar surface area (TPSA) is 20.2 Å². The van der Waals surface area contributed by atoms with E-state index in [1.807, 2.05) is 0 Å². The molecule has 0 aromatic heterocycles. The molecule has 0 heterocycles. The highest BCUT2D eigenvalue weighted by Crippen LogP contribution is 2.44. The van der Waals surface area contributed by atoms with Crippen molar-refractivity contribution in [2.75, 3.05) is 0 Å². The Hall–Kier alpha value is -0.980. The first-order chi connectivity index (χ1) is 11.6. The van der Waals surface area contributed by atoms with Crippen molar-refractivity contribution in [3.8, 4) is 0 Å². The third kappa shape index (κ3) is 5.25. The normalized spacial score (nSPS) is 30.0. The van der Waals surface area contributed by atoms with Gasteiger partial charge in [-0.3, -0.25) is 0 Å². The van der Waals surface area contributed by atoms with Crippen molar-refractivity contribution in [2.24, 2.45) is 17.8 Å². The van der Waals surface area contributed by atoms with Crippen LogP contribution < -0.4 is 0 Å². The summed E-state index contributed by atoms with van der Waals surface area (Å²) in [5.74, 6) is -0.789. The van der Waals surface area contributed by atoms with Gasteiger partial charge in [0.25, 0.3) is 0 Å². The van der Waals surface area contributed by atoms with Crippen LogP contribution in [-0.4, -0.2) is 16.9 Å². The Morgan fingerprint density at radius 3 is 2.20 bits per heavy atom. The maximum atomic E-state index is 13.0. The molecule has 2 aliphatic carbocycles. The van der Waals surface area contributed by atoms with Crippen LogP contribution in [0.15, 0.2) is 24.1 Å². The Bertz CT molecular complexity index is 508. The Morgan fingerprint density at radius 1 is 0.960 bits per heavy atom. The molecule has 1 nitrogen and oxygen atoms in total. The van der Waals surface area contributed by atoms with Crippen LogP contribution in [0.2, 0.25) is 0 Å². The molecule has 2 aliphatic rings. The molecule has 0 saturated heterocycles. The number of fused-ring (bicyclic) bond motifs is 1. The minimum atomic E-state index is -5.19. The summed E-state index contributed by atoms with van der Waals surface area (Å²) in [6, 6.07) is 0. The lowest BCUT2D eigenvalue weighted by atomic mass is 9.67. The molecule has 0 bridgehead atoms. The molecule has 144 valence electrons. The first-order valence-corrected chi connectivity index (χ1v) is 8.78. The van der Waals surface area contributed by atoms with Crippen LogP contribution >= 0.6 is 0 Å². The summed E-state index contributed by atoms with van der Waals surface area (Å²) < 4.78 is 76.2. The summed E-state index contributed by atoms with van der Waals surface area (Å²) in [5, 5.41) is 9.70. The van der Waals surface area contributed by atoms with E-state index in [0.29, 0.717) is 11.8 Å². The predicted molar refractivity (Wildman–Crippen MR) is 82.5 cm³/mol. The zero-order valence-corrected chi connectivity index (χ0v) is 14.0. The van der Waals surface area contributed by atoms with E-state index in [1.54, 1.807) is 6.08 Å². The average Bonchev–Trinajstić information content (AvgIpc) is 2.53. The second kappa shape index (κ2) is 8.14. The molecule has 4 atom stereocenters. The largest absolute Gasteiger partial charge is 0.417 e. The number of halogens is 6. The van der Waals surface area contributed by atoms with Crippen molar-refractivity contribution in [1.29, 1.82) is 0 Å². The van der Waals surface area contributed by atoms with Crippen LogP contribution in [0.3, 0.4) is 0 Å². The molecule has 0 amide bonds. The summed E-state index contributed by atoms with van der Waals surface area (Å²) >= 11 is 0. The van der Waals surface area contributed by atoms with Gasteiger partial charge in [0.05, 0.1) is 0 Å². The predicted octanol–water partition coefficient (Wildman–Crippen LogP) is 6.30. The van der Waals surface area contributed by atoms with Gasteiger partial charge in [-0.05, 0) is 37.0 Å². The first-order valence-electron chi connectivity index (χ1n) is 8.78. The van der Waals surface area contributed by atoms with Gasteiger partial charge >= 0.3 is 12.3 Å². The molecule has 0 radical (unpaired) electrons. The van der Waals surface area contributed by atoms with Crippen molar-refractivity contribution >= 4 is 0 Å². The van der Waals surface area contributed by atoms with Crippen molar-refractivity contribution in [3.05, 3.63) is 24.1 Å². The molecule has 0 aliphatic heterocycles.